The smallest absolute Gasteiger partial charge is 0.175 e. The second-order valence-electron chi connectivity index (χ2n) is 4.69. The van der Waals surface area contributed by atoms with Gasteiger partial charge in [-0.25, -0.2) is 8.42 Å². The van der Waals surface area contributed by atoms with Gasteiger partial charge in [0.2, 0.25) is 0 Å². The normalized spacial score (nSPS) is 13.3. The Labute approximate surface area is 109 Å². The van der Waals surface area contributed by atoms with Crippen LogP contribution in [0, 0.1) is 12.8 Å². The summed E-state index contributed by atoms with van der Waals surface area (Å²) in [4.78, 5) is 0.343. The molecule has 1 atom stereocenters. The van der Waals surface area contributed by atoms with Gasteiger partial charge in [0.15, 0.2) is 9.84 Å². The Bertz CT molecular complexity index is 497. The molecular formula is C13H21NO3S. The lowest BCUT2D eigenvalue weighted by molar-refractivity contribution is 0.164. The molecule has 0 spiro atoms. The molecule has 5 heteroatoms. The van der Waals surface area contributed by atoms with E-state index in [9.17, 15) is 8.42 Å². The van der Waals surface area contributed by atoms with Gasteiger partial charge in [-0.1, -0.05) is 13.0 Å². The van der Waals surface area contributed by atoms with Crippen molar-refractivity contribution >= 4 is 15.5 Å². The topological polar surface area (TPSA) is 55.4 Å². The Kier molecular flexibility index (Phi) is 5.16. The van der Waals surface area contributed by atoms with Gasteiger partial charge in [-0.05, 0) is 30.5 Å². The van der Waals surface area contributed by atoms with Crippen LogP contribution in [-0.4, -0.2) is 34.9 Å². The summed E-state index contributed by atoms with van der Waals surface area (Å²) in [5.41, 5.74) is 1.90. The van der Waals surface area contributed by atoms with Crippen LogP contribution in [0.15, 0.2) is 23.1 Å². The molecule has 102 valence electrons. The number of methoxy groups -OCH3 is 1. The molecule has 4 nitrogen and oxygen atoms in total. The van der Waals surface area contributed by atoms with Crippen molar-refractivity contribution in [1.29, 1.82) is 0 Å². The van der Waals surface area contributed by atoms with Gasteiger partial charge in [0.05, 0.1) is 11.5 Å². The Balaban J connectivity index is 2.82. The van der Waals surface area contributed by atoms with Gasteiger partial charge in [0.25, 0.3) is 0 Å². The van der Waals surface area contributed by atoms with E-state index in [2.05, 4.69) is 12.2 Å². The maximum atomic E-state index is 11.5. The average molecular weight is 271 g/mol. The minimum atomic E-state index is -3.16. The molecule has 1 N–H and O–H groups in total. The second-order valence-corrected chi connectivity index (χ2v) is 6.71. The summed E-state index contributed by atoms with van der Waals surface area (Å²) in [5.74, 6) is 0.372. The van der Waals surface area contributed by atoms with Crippen molar-refractivity contribution in [3.63, 3.8) is 0 Å². The molecule has 0 heterocycles. The molecule has 0 aliphatic heterocycles. The van der Waals surface area contributed by atoms with Crippen LogP contribution in [-0.2, 0) is 14.6 Å². The van der Waals surface area contributed by atoms with Crippen LogP contribution in [0.2, 0.25) is 0 Å². The fourth-order valence-electron chi connectivity index (χ4n) is 1.65. The van der Waals surface area contributed by atoms with Gasteiger partial charge in [0.1, 0.15) is 0 Å². The van der Waals surface area contributed by atoms with E-state index in [1.54, 1.807) is 19.2 Å². The predicted octanol–water partition coefficient (Wildman–Crippen LogP) is 2.09. The zero-order valence-electron chi connectivity index (χ0n) is 11.4. The van der Waals surface area contributed by atoms with Crippen LogP contribution in [0.1, 0.15) is 12.5 Å². The van der Waals surface area contributed by atoms with Crippen molar-refractivity contribution in [1.82, 2.24) is 0 Å². The van der Waals surface area contributed by atoms with Crippen LogP contribution in [0.4, 0.5) is 5.69 Å². The van der Waals surface area contributed by atoms with Crippen LogP contribution in [0.25, 0.3) is 0 Å². The van der Waals surface area contributed by atoms with Crippen LogP contribution < -0.4 is 5.32 Å². The highest BCUT2D eigenvalue weighted by Crippen LogP contribution is 2.20. The lowest BCUT2D eigenvalue weighted by Gasteiger charge is -2.15. The van der Waals surface area contributed by atoms with E-state index in [4.69, 9.17) is 4.74 Å². The molecule has 0 radical (unpaired) electrons. The van der Waals surface area contributed by atoms with Crippen LogP contribution in [0.3, 0.4) is 0 Å². The molecule has 0 bridgehead atoms. The first-order valence-corrected chi connectivity index (χ1v) is 7.77. The number of benzene rings is 1. The average Bonchev–Trinajstić information content (AvgIpc) is 2.26. The number of hydrogen-bond acceptors (Lipinski definition) is 4. The zero-order valence-corrected chi connectivity index (χ0v) is 12.2. The molecule has 1 aromatic carbocycles. The lowest BCUT2D eigenvalue weighted by atomic mass is 10.1. The molecule has 0 aromatic heterocycles. The van der Waals surface area contributed by atoms with E-state index in [1.807, 2.05) is 13.0 Å². The minimum absolute atomic E-state index is 0.343. The van der Waals surface area contributed by atoms with E-state index in [0.717, 1.165) is 17.8 Å². The molecule has 0 saturated carbocycles. The molecule has 1 rings (SSSR count). The monoisotopic (exact) mass is 271 g/mol. The van der Waals surface area contributed by atoms with E-state index >= 15 is 0 Å². The first kappa shape index (κ1) is 15.0. The van der Waals surface area contributed by atoms with E-state index < -0.39 is 9.84 Å². The Hall–Kier alpha value is -1.07. The number of sulfone groups is 1. The number of aryl methyl sites for hydroxylation is 1. The van der Waals surface area contributed by atoms with Crippen LogP contribution >= 0.6 is 0 Å². The SMILES string of the molecule is COCC(C)CNc1cc(S(C)(=O)=O)ccc1C. The molecule has 18 heavy (non-hydrogen) atoms. The van der Waals surface area contributed by atoms with Gasteiger partial charge < -0.3 is 10.1 Å². The molecule has 0 fully saturated rings. The van der Waals surface area contributed by atoms with Crippen molar-refractivity contribution in [2.45, 2.75) is 18.7 Å². The van der Waals surface area contributed by atoms with Crippen molar-refractivity contribution < 1.29 is 13.2 Å². The zero-order chi connectivity index (χ0) is 13.8. The van der Waals surface area contributed by atoms with E-state index in [1.165, 1.54) is 6.26 Å². The van der Waals surface area contributed by atoms with Crippen molar-refractivity contribution in [3.05, 3.63) is 23.8 Å². The van der Waals surface area contributed by atoms with Crippen molar-refractivity contribution in [2.24, 2.45) is 5.92 Å². The van der Waals surface area contributed by atoms with Gasteiger partial charge in [-0.15, -0.1) is 0 Å². The molecule has 1 aromatic rings. The molecule has 0 aliphatic carbocycles. The number of anilines is 1. The first-order chi connectivity index (χ1) is 8.34. The summed E-state index contributed by atoms with van der Waals surface area (Å²) in [6.45, 7) is 5.46. The fraction of sp³-hybridized carbons (Fsp3) is 0.538. The highest BCUT2D eigenvalue weighted by Gasteiger charge is 2.10. The highest BCUT2D eigenvalue weighted by molar-refractivity contribution is 7.90. The summed E-state index contributed by atoms with van der Waals surface area (Å²) >= 11 is 0. The molecule has 0 aliphatic rings. The van der Waals surface area contributed by atoms with Crippen LogP contribution in [0.5, 0.6) is 0 Å². The second kappa shape index (κ2) is 6.20. The predicted molar refractivity (Wildman–Crippen MR) is 73.8 cm³/mol. The first-order valence-electron chi connectivity index (χ1n) is 5.88. The third kappa shape index (κ3) is 4.31. The number of hydrogen-bond donors (Lipinski definition) is 1. The maximum Gasteiger partial charge on any atom is 0.175 e. The third-order valence-corrected chi connectivity index (χ3v) is 3.84. The van der Waals surface area contributed by atoms with Gasteiger partial charge >= 0.3 is 0 Å². The molecule has 0 amide bonds. The summed E-state index contributed by atoms with van der Waals surface area (Å²) in [5, 5.41) is 3.27. The Morgan fingerprint density at radius 1 is 1.39 bits per heavy atom. The van der Waals surface area contributed by atoms with Crippen molar-refractivity contribution in [2.75, 3.05) is 31.8 Å². The quantitative estimate of drug-likeness (QED) is 0.861. The summed E-state index contributed by atoms with van der Waals surface area (Å²) in [6.07, 6.45) is 1.22. The third-order valence-electron chi connectivity index (χ3n) is 2.73. The van der Waals surface area contributed by atoms with Crippen molar-refractivity contribution in [3.8, 4) is 0 Å². The number of rotatable bonds is 6. The van der Waals surface area contributed by atoms with Gasteiger partial charge in [-0.3, -0.25) is 0 Å². The molecular weight excluding hydrogens is 250 g/mol. The molecule has 0 saturated heterocycles. The highest BCUT2D eigenvalue weighted by atomic mass is 32.2. The summed E-state index contributed by atoms with van der Waals surface area (Å²) in [6, 6.07) is 5.14. The van der Waals surface area contributed by atoms with Gasteiger partial charge in [-0.2, -0.15) is 0 Å². The minimum Gasteiger partial charge on any atom is -0.384 e. The number of ether oxygens (including phenoxy) is 1. The van der Waals surface area contributed by atoms with Gasteiger partial charge in [0, 0.05) is 25.6 Å². The van der Waals surface area contributed by atoms with E-state index in [0.29, 0.717) is 17.4 Å². The largest absolute Gasteiger partial charge is 0.384 e. The Morgan fingerprint density at radius 2 is 2.06 bits per heavy atom. The molecule has 1 unspecified atom stereocenters. The number of nitrogens with one attached hydrogen (secondary N) is 1. The summed E-state index contributed by atoms with van der Waals surface area (Å²) < 4.78 is 28.0. The fourth-order valence-corrected chi connectivity index (χ4v) is 2.30. The van der Waals surface area contributed by atoms with E-state index in [-0.39, 0.29) is 0 Å². The maximum absolute atomic E-state index is 11.5. The lowest BCUT2D eigenvalue weighted by Crippen LogP contribution is -2.16. The standard InChI is InChI=1S/C13H21NO3S/c1-10(9-17-3)8-14-13-7-12(18(4,15)16)6-5-11(13)2/h5-7,10,14H,8-9H2,1-4H3. The Morgan fingerprint density at radius 3 is 2.61 bits per heavy atom. The summed E-state index contributed by atoms with van der Waals surface area (Å²) in [7, 11) is -1.48.